The molecule has 4 nitrogen and oxygen atoms in total. The number of rotatable bonds is 4. The van der Waals surface area contributed by atoms with Crippen molar-refractivity contribution in [3.63, 3.8) is 0 Å². The number of nitriles is 1. The molecule has 0 unspecified atom stereocenters. The number of ether oxygens (including phenoxy) is 1. The molecule has 0 aromatic heterocycles. The Labute approximate surface area is 92.4 Å². The Bertz CT molecular complexity index is 370. The lowest BCUT2D eigenvalue weighted by molar-refractivity contribution is -0.113. The number of amides is 1. The molecule has 5 heteroatoms. The van der Waals surface area contributed by atoms with Gasteiger partial charge in [0.15, 0.2) is 6.61 Å². The van der Waals surface area contributed by atoms with E-state index < -0.39 is 0 Å². The third kappa shape index (κ3) is 3.88. The van der Waals surface area contributed by atoms with Gasteiger partial charge in [-0.05, 0) is 24.3 Å². The number of benzene rings is 1. The summed E-state index contributed by atoms with van der Waals surface area (Å²) in [4.78, 5) is 10.9. The molecule has 0 aliphatic heterocycles. The van der Waals surface area contributed by atoms with Gasteiger partial charge in [0.2, 0.25) is 5.91 Å². The molecule has 78 valence electrons. The maximum Gasteiger partial charge on any atom is 0.239 e. The fourth-order valence-electron chi connectivity index (χ4n) is 0.944. The highest BCUT2D eigenvalue weighted by atomic mass is 35.5. The van der Waals surface area contributed by atoms with Crippen LogP contribution in [0.25, 0.3) is 0 Å². The highest BCUT2D eigenvalue weighted by Crippen LogP contribution is 2.15. The average Bonchev–Trinajstić information content (AvgIpc) is 2.28. The van der Waals surface area contributed by atoms with E-state index in [2.05, 4.69) is 5.32 Å². The Morgan fingerprint density at radius 3 is 2.67 bits per heavy atom. The number of alkyl halides is 1. The third-order valence-electron chi connectivity index (χ3n) is 1.56. The zero-order chi connectivity index (χ0) is 11.1. The molecule has 1 aromatic rings. The molecule has 0 bridgehead atoms. The number of hydrogen-bond donors (Lipinski definition) is 1. The molecule has 15 heavy (non-hydrogen) atoms. The molecular weight excluding hydrogens is 216 g/mol. The highest BCUT2D eigenvalue weighted by Gasteiger charge is 1.99. The van der Waals surface area contributed by atoms with Crippen LogP contribution in [0, 0.1) is 11.3 Å². The van der Waals surface area contributed by atoms with Crippen molar-refractivity contribution in [1.82, 2.24) is 0 Å². The Hall–Kier alpha value is -1.73. The van der Waals surface area contributed by atoms with E-state index in [0.29, 0.717) is 11.4 Å². The Morgan fingerprint density at radius 2 is 2.13 bits per heavy atom. The first-order valence-electron chi connectivity index (χ1n) is 4.22. The van der Waals surface area contributed by atoms with Crippen LogP contribution in [0.3, 0.4) is 0 Å². The zero-order valence-corrected chi connectivity index (χ0v) is 8.62. The van der Waals surface area contributed by atoms with Crippen molar-refractivity contribution < 1.29 is 9.53 Å². The zero-order valence-electron chi connectivity index (χ0n) is 7.87. The first-order chi connectivity index (χ1) is 7.26. The van der Waals surface area contributed by atoms with E-state index in [1.807, 2.05) is 6.07 Å². The van der Waals surface area contributed by atoms with E-state index in [-0.39, 0.29) is 18.4 Å². The molecule has 1 amide bonds. The minimum Gasteiger partial charge on any atom is -0.479 e. The predicted octanol–water partition coefficient (Wildman–Crippen LogP) is 1.77. The van der Waals surface area contributed by atoms with Crippen molar-refractivity contribution in [2.45, 2.75) is 0 Å². The summed E-state index contributed by atoms with van der Waals surface area (Å²) < 4.78 is 5.04. The second kappa shape index (κ2) is 5.89. The van der Waals surface area contributed by atoms with Gasteiger partial charge in [0, 0.05) is 5.69 Å². The van der Waals surface area contributed by atoms with Crippen LogP contribution in [-0.4, -0.2) is 18.4 Å². The molecule has 1 rings (SSSR count). The summed E-state index contributed by atoms with van der Waals surface area (Å²) in [7, 11) is 0. The van der Waals surface area contributed by atoms with Gasteiger partial charge in [-0.3, -0.25) is 4.79 Å². The lowest BCUT2D eigenvalue weighted by Gasteiger charge is -2.04. The van der Waals surface area contributed by atoms with Crippen LogP contribution < -0.4 is 10.1 Å². The standard InChI is InChI=1S/C10H9ClN2O2/c11-7-10(14)13-8-1-3-9(4-2-8)15-6-5-12/h1-4H,6-7H2,(H,13,14). The van der Waals surface area contributed by atoms with Crippen LogP contribution >= 0.6 is 11.6 Å². The van der Waals surface area contributed by atoms with Gasteiger partial charge in [0.1, 0.15) is 17.7 Å². The average molecular weight is 225 g/mol. The Kier molecular flexibility index (Phi) is 4.45. The minimum atomic E-state index is -0.262. The van der Waals surface area contributed by atoms with Crippen LogP contribution in [0.15, 0.2) is 24.3 Å². The van der Waals surface area contributed by atoms with E-state index in [4.69, 9.17) is 21.6 Å². The molecule has 0 atom stereocenters. The molecule has 0 aliphatic rings. The van der Waals surface area contributed by atoms with Crippen LogP contribution in [-0.2, 0) is 4.79 Å². The molecule has 1 aromatic carbocycles. The molecule has 0 heterocycles. The number of halogens is 1. The van der Waals surface area contributed by atoms with Crippen molar-refractivity contribution in [3.8, 4) is 11.8 Å². The summed E-state index contributed by atoms with van der Waals surface area (Å²) in [5, 5.41) is 10.9. The molecular formula is C10H9ClN2O2. The van der Waals surface area contributed by atoms with E-state index >= 15 is 0 Å². The lowest BCUT2D eigenvalue weighted by atomic mass is 10.3. The van der Waals surface area contributed by atoms with E-state index in [9.17, 15) is 4.79 Å². The normalized spacial score (nSPS) is 9.07. The number of anilines is 1. The third-order valence-corrected chi connectivity index (χ3v) is 1.81. The molecule has 0 saturated carbocycles. The SMILES string of the molecule is N#CCOc1ccc(NC(=O)CCl)cc1. The second-order valence-electron chi connectivity index (χ2n) is 2.65. The maximum atomic E-state index is 10.9. The van der Waals surface area contributed by atoms with Crippen molar-refractivity contribution in [3.05, 3.63) is 24.3 Å². The molecule has 1 N–H and O–H groups in total. The van der Waals surface area contributed by atoms with Crippen LogP contribution in [0.4, 0.5) is 5.69 Å². The van der Waals surface area contributed by atoms with Gasteiger partial charge in [-0.25, -0.2) is 0 Å². The van der Waals surface area contributed by atoms with E-state index in [1.165, 1.54) is 0 Å². The van der Waals surface area contributed by atoms with Gasteiger partial charge in [-0.2, -0.15) is 5.26 Å². The van der Waals surface area contributed by atoms with Crippen molar-refractivity contribution >= 4 is 23.2 Å². The van der Waals surface area contributed by atoms with Crippen LogP contribution in [0.1, 0.15) is 0 Å². The van der Waals surface area contributed by atoms with Gasteiger partial charge >= 0.3 is 0 Å². The van der Waals surface area contributed by atoms with Crippen LogP contribution in [0.5, 0.6) is 5.75 Å². The highest BCUT2D eigenvalue weighted by molar-refractivity contribution is 6.29. The second-order valence-corrected chi connectivity index (χ2v) is 2.92. The predicted molar refractivity (Wildman–Crippen MR) is 56.9 cm³/mol. The minimum absolute atomic E-state index is 0.00733. The molecule has 0 radical (unpaired) electrons. The van der Waals surface area contributed by atoms with Crippen LogP contribution in [0.2, 0.25) is 0 Å². The maximum absolute atomic E-state index is 10.9. The van der Waals surface area contributed by atoms with Gasteiger partial charge in [-0.1, -0.05) is 0 Å². The first-order valence-corrected chi connectivity index (χ1v) is 4.75. The summed E-state index contributed by atoms with van der Waals surface area (Å²) in [6.07, 6.45) is 0. The number of hydrogen-bond acceptors (Lipinski definition) is 3. The van der Waals surface area contributed by atoms with Gasteiger partial charge in [0.25, 0.3) is 0 Å². The molecule has 0 saturated heterocycles. The van der Waals surface area contributed by atoms with Gasteiger partial charge in [-0.15, -0.1) is 11.6 Å². The lowest BCUT2D eigenvalue weighted by Crippen LogP contribution is -2.12. The largest absolute Gasteiger partial charge is 0.479 e. The Morgan fingerprint density at radius 1 is 1.47 bits per heavy atom. The first kappa shape index (κ1) is 11.3. The smallest absolute Gasteiger partial charge is 0.239 e. The number of nitrogens with one attached hydrogen (secondary N) is 1. The number of carbonyl (C=O) groups is 1. The Balaban J connectivity index is 2.57. The summed E-state index contributed by atoms with van der Waals surface area (Å²) in [5.74, 6) is 0.245. The fraction of sp³-hybridized carbons (Fsp3) is 0.200. The summed E-state index contributed by atoms with van der Waals surface area (Å²) >= 11 is 5.33. The fourth-order valence-corrected chi connectivity index (χ4v) is 1.01. The molecule has 0 spiro atoms. The topological polar surface area (TPSA) is 62.1 Å². The number of carbonyl (C=O) groups excluding carboxylic acids is 1. The van der Waals surface area contributed by atoms with E-state index in [1.54, 1.807) is 24.3 Å². The molecule has 0 aliphatic carbocycles. The van der Waals surface area contributed by atoms with Gasteiger partial charge < -0.3 is 10.1 Å². The van der Waals surface area contributed by atoms with Crippen molar-refractivity contribution in [2.75, 3.05) is 17.8 Å². The summed E-state index contributed by atoms with van der Waals surface area (Å²) in [6, 6.07) is 8.55. The monoisotopic (exact) mass is 224 g/mol. The van der Waals surface area contributed by atoms with Gasteiger partial charge in [0.05, 0.1) is 0 Å². The molecule has 0 fully saturated rings. The summed E-state index contributed by atoms with van der Waals surface area (Å²) in [5.41, 5.74) is 0.643. The van der Waals surface area contributed by atoms with E-state index in [0.717, 1.165) is 0 Å². The quantitative estimate of drug-likeness (QED) is 0.793. The van der Waals surface area contributed by atoms with Crippen molar-refractivity contribution in [1.29, 1.82) is 5.26 Å². The summed E-state index contributed by atoms with van der Waals surface area (Å²) in [6.45, 7) is 0.00733. The van der Waals surface area contributed by atoms with Crippen molar-refractivity contribution in [2.24, 2.45) is 0 Å². The number of nitrogens with zero attached hydrogens (tertiary/aromatic N) is 1.